The van der Waals surface area contributed by atoms with Gasteiger partial charge in [0.15, 0.2) is 0 Å². The molecular weight excluding hydrogens is 516 g/mol. The van der Waals surface area contributed by atoms with Crippen LogP contribution in [0.25, 0.3) is 0 Å². The molecule has 39 heavy (non-hydrogen) atoms. The SMILES string of the molecule is CC(C)[C@@H](NC(=O)[C@@H](C)NC(=O)[C@H](C)NC(=O)CCC(=O)O)C(=O)N[C@H](C)C(=O)Nc1ccc([N+](=O)[O-])cc1. The lowest BCUT2D eigenvalue weighted by molar-refractivity contribution is -0.384. The predicted octanol–water partition coefficient (Wildman–Crippen LogP) is 0.0530. The van der Waals surface area contributed by atoms with Crippen molar-refractivity contribution in [3.8, 4) is 0 Å². The highest BCUT2D eigenvalue weighted by Crippen LogP contribution is 2.15. The van der Waals surface area contributed by atoms with E-state index in [4.69, 9.17) is 5.11 Å². The first-order chi connectivity index (χ1) is 18.1. The van der Waals surface area contributed by atoms with Crippen molar-refractivity contribution in [3.63, 3.8) is 0 Å². The molecule has 1 rings (SSSR count). The monoisotopic (exact) mass is 550 g/mol. The molecule has 0 aromatic heterocycles. The molecule has 0 fully saturated rings. The van der Waals surface area contributed by atoms with Crippen LogP contribution >= 0.6 is 0 Å². The van der Waals surface area contributed by atoms with Gasteiger partial charge in [0.05, 0.1) is 11.3 Å². The van der Waals surface area contributed by atoms with E-state index in [0.29, 0.717) is 0 Å². The molecule has 15 nitrogen and oxygen atoms in total. The van der Waals surface area contributed by atoms with Crippen LogP contribution in [0.15, 0.2) is 24.3 Å². The first-order valence-electron chi connectivity index (χ1n) is 12.1. The zero-order valence-corrected chi connectivity index (χ0v) is 22.3. The number of nitrogens with zero attached hydrogens (tertiary/aromatic N) is 1. The maximum atomic E-state index is 12.8. The van der Waals surface area contributed by atoms with E-state index in [1.165, 1.54) is 45.0 Å². The Bertz CT molecular complexity index is 1090. The number of hydrogen-bond donors (Lipinski definition) is 6. The highest BCUT2D eigenvalue weighted by atomic mass is 16.6. The van der Waals surface area contributed by atoms with Gasteiger partial charge in [0.1, 0.15) is 24.2 Å². The molecule has 0 saturated heterocycles. The van der Waals surface area contributed by atoms with Crippen molar-refractivity contribution in [1.82, 2.24) is 21.3 Å². The maximum absolute atomic E-state index is 12.8. The van der Waals surface area contributed by atoms with Gasteiger partial charge >= 0.3 is 5.97 Å². The summed E-state index contributed by atoms with van der Waals surface area (Å²) >= 11 is 0. The molecule has 1 aromatic rings. The van der Waals surface area contributed by atoms with Crippen molar-refractivity contribution in [2.24, 2.45) is 5.92 Å². The Morgan fingerprint density at radius 3 is 1.74 bits per heavy atom. The van der Waals surface area contributed by atoms with Gasteiger partial charge in [-0.25, -0.2) is 0 Å². The summed E-state index contributed by atoms with van der Waals surface area (Å²) in [6, 6.07) is 0.926. The molecule has 0 spiro atoms. The van der Waals surface area contributed by atoms with E-state index in [-0.39, 0.29) is 17.8 Å². The third-order valence-corrected chi connectivity index (χ3v) is 5.43. The highest BCUT2D eigenvalue weighted by molar-refractivity contribution is 5.99. The number of anilines is 1. The molecule has 6 N–H and O–H groups in total. The number of benzene rings is 1. The number of nitrogens with one attached hydrogen (secondary N) is 5. The van der Waals surface area contributed by atoms with Crippen molar-refractivity contribution in [1.29, 1.82) is 0 Å². The number of rotatable bonds is 14. The zero-order valence-electron chi connectivity index (χ0n) is 22.3. The minimum Gasteiger partial charge on any atom is -0.481 e. The Kier molecular flexibility index (Phi) is 12.5. The van der Waals surface area contributed by atoms with Gasteiger partial charge < -0.3 is 31.7 Å². The number of carbonyl (C=O) groups is 6. The second kappa shape index (κ2) is 15.0. The third-order valence-electron chi connectivity index (χ3n) is 5.43. The van der Waals surface area contributed by atoms with Gasteiger partial charge in [0.2, 0.25) is 29.5 Å². The van der Waals surface area contributed by atoms with Crippen LogP contribution in [0.3, 0.4) is 0 Å². The lowest BCUT2D eigenvalue weighted by Gasteiger charge is -2.26. The van der Waals surface area contributed by atoms with Crippen LogP contribution in [-0.2, 0) is 28.8 Å². The average Bonchev–Trinajstić information content (AvgIpc) is 2.85. The molecule has 0 aliphatic carbocycles. The van der Waals surface area contributed by atoms with Crippen LogP contribution in [0.4, 0.5) is 11.4 Å². The average molecular weight is 551 g/mol. The summed E-state index contributed by atoms with van der Waals surface area (Å²) in [5.74, 6) is -4.81. The van der Waals surface area contributed by atoms with E-state index in [9.17, 15) is 38.9 Å². The fourth-order valence-corrected chi connectivity index (χ4v) is 3.10. The molecule has 0 bridgehead atoms. The molecule has 0 unspecified atom stereocenters. The van der Waals surface area contributed by atoms with E-state index >= 15 is 0 Å². The molecule has 15 heteroatoms. The van der Waals surface area contributed by atoms with E-state index in [0.717, 1.165) is 0 Å². The Hall–Kier alpha value is -4.56. The molecular formula is C24H34N6O9. The predicted molar refractivity (Wildman–Crippen MR) is 138 cm³/mol. The standard InChI is InChI=1S/C24H34N6O9/c1-12(2)20(24(37)27-14(4)22(35)28-16-6-8-17(9-7-16)30(38)39)29-23(36)15(5)26-21(34)13(3)25-18(31)10-11-19(32)33/h6-9,12-15,20H,10-11H2,1-5H3,(H,25,31)(H,26,34)(H,27,37)(H,28,35)(H,29,36)(H,32,33)/t13-,14+,15+,20+/m0/s1. The first kappa shape index (κ1) is 32.5. The molecule has 0 saturated carbocycles. The Labute approximate surface area is 224 Å². The number of amides is 5. The molecule has 0 radical (unpaired) electrons. The van der Waals surface area contributed by atoms with Gasteiger partial charge in [-0.15, -0.1) is 0 Å². The summed E-state index contributed by atoms with van der Waals surface area (Å²) in [7, 11) is 0. The normalized spacial score (nSPS) is 13.7. The quantitative estimate of drug-likeness (QED) is 0.136. The Morgan fingerprint density at radius 1 is 0.744 bits per heavy atom. The largest absolute Gasteiger partial charge is 0.481 e. The van der Waals surface area contributed by atoms with E-state index in [2.05, 4.69) is 26.6 Å². The summed E-state index contributed by atoms with van der Waals surface area (Å²) in [4.78, 5) is 82.8. The minimum absolute atomic E-state index is 0.148. The fourth-order valence-electron chi connectivity index (χ4n) is 3.10. The van der Waals surface area contributed by atoms with Crippen LogP contribution in [0.1, 0.15) is 47.5 Å². The number of carboxylic acids is 1. The van der Waals surface area contributed by atoms with E-state index in [1.54, 1.807) is 13.8 Å². The lowest BCUT2D eigenvalue weighted by atomic mass is 10.0. The number of nitro groups is 1. The fraction of sp³-hybridized carbons (Fsp3) is 0.500. The number of hydrogen-bond acceptors (Lipinski definition) is 8. The van der Waals surface area contributed by atoms with Gasteiger partial charge in [-0.1, -0.05) is 13.8 Å². The van der Waals surface area contributed by atoms with Crippen LogP contribution in [0, 0.1) is 16.0 Å². The molecule has 214 valence electrons. The number of carbonyl (C=O) groups excluding carboxylic acids is 5. The van der Waals surface area contributed by atoms with Gasteiger partial charge in [-0.3, -0.25) is 38.9 Å². The molecule has 0 heterocycles. The molecule has 5 amide bonds. The Morgan fingerprint density at radius 2 is 1.23 bits per heavy atom. The summed E-state index contributed by atoms with van der Waals surface area (Å²) < 4.78 is 0. The summed E-state index contributed by atoms with van der Waals surface area (Å²) in [5, 5.41) is 31.7. The smallest absolute Gasteiger partial charge is 0.303 e. The lowest BCUT2D eigenvalue weighted by Crippen LogP contribution is -2.58. The van der Waals surface area contributed by atoms with Crippen molar-refractivity contribution in [2.45, 2.75) is 71.6 Å². The molecule has 4 atom stereocenters. The summed E-state index contributed by atoms with van der Waals surface area (Å²) in [6.45, 7) is 7.51. The topological polar surface area (TPSA) is 226 Å². The van der Waals surface area contributed by atoms with E-state index < -0.39 is 76.9 Å². The summed E-state index contributed by atoms with van der Waals surface area (Å²) in [6.07, 6.45) is -0.701. The second-order valence-corrected chi connectivity index (χ2v) is 9.17. The Balaban J connectivity index is 2.67. The minimum atomic E-state index is -1.16. The zero-order chi connectivity index (χ0) is 29.9. The van der Waals surface area contributed by atoms with Crippen LogP contribution in [-0.4, -0.2) is 69.7 Å². The number of non-ortho nitro benzene ring substituents is 1. The molecule has 0 aliphatic rings. The van der Waals surface area contributed by atoms with Crippen molar-refractivity contribution in [2.75, 3.05) is 5.32 Å². The van der Waals surface area contributed by atoms with Crippen molar-refractivity contribution in [3.05, 3.63) is 34.4 Å². The first-order valence-corrected chi connectivity index (χ1v) is 12.1. The van der Waals surface area contributed by atoms with Crippen molar-refractivity contribution >= 4 is 46.9 Å². The van der Waals surface area contributed by atoms with E-state index in [1.807, 2.05) is 0 Å². The third kappa shape index (κ3) is 11.2. The molecule has 0 aliphatic heterocycles. The van der Waals surface area contributed by atoms with Crippen LogP contribution in [0.2, 0.25) is 0 Å². The summed E-state index contributed by atoms with van der Waals surface area (Å²) in [5.41, 5.74) is 0.141. The van der Waals surface area contributed by atoms with Gasteiger partial charge in [0.25, 0.3) is 5.69 Å². The van der Waals surface area contributed by atoms with Crippen molar-refractivity contribution < 1.29 is 38.8 Å². The highest BCUT2D eigenvalue weighted by Gasteiger charge is 2.29. The second-order valence-electron chi connectivity index (χ2n) is 9.17. The molecule has 1 aromatic carbocycles. The number of nitro benzene ring substituents is 1. The van der Waals surface area contributed by atoms with Gasteiger partial charge in [0, 0.05) is 24.2 Å². The van der Waals surface area contributed by atoms with Gasteiger partial charge in [-0.05, 0) is 38.8 Å². The van der Waals surface area contributed by atoms with Crippen LogP contribution < -0.4 is 26.6 Å². The maximum Gasteiger partial charge on any atom is 0.303 e. The number of aliphatic carboxylic acids is 1. The number of carboxylic acid groups (broad SMARTS) is 1. The van der Waals surface area contributed by atoms with Gasteiger partial charge in [-0.2, -0.15) is 0 Å². The van der Waals surface area contributed by atoms with Crippen LogP contribution in [0.5, 0.6) is 0 Å².